The molecule has 2 unspecified atom stereocenters. The molecule has 2 atom stereocenters. The fourth-order valence-electron chi connectivity index (χ4n) is 2.46. The highest BCUT2D eigenvalue weighted by Crippen LogP contribution is 2.14. The molecule has 0 bridgehead atoms. The molecule has 2 rings (SSSR count). The van der Waals surface area contributed by atoms with Gasteiger partial charge in [0.15, 0.2) is 0 Å². The van der Waals surface area contributed by atoms with Crippen LogP contribution < -0.4 is 5.73 Å². The predicted octanol–water partition coefficient (Wildman–Crippen LogP) is 0.893. The molecule has 1 aliphatic heterocycles. The second-order valence-electron chi connectivity index (χ2n) is 4.96. The topological polar surface area (TPSA) is 58.7 Å². The third-order valence-corrected chi connectivity index (χ3v) is 3.36. The number of morpholine rings is 1. The molecule has 1 aromatic carbocycles. The zero-order valence-corrected chi connectivity index (χ0v) is 10.9. The van der Waals surface area contributed by atoms with Crippen molar-refractivity contribution < 1.29 is 9.84 Å². The van der Waals surface area contributed by atoms with Crippen molar-refractivity contribution in [3.05, 3.63) is 29.8 Å². The van der Waals surface area contributed by atoms with Gasteiger partial charge in [0.05, 0.1) is 18.8 Å². The normalized spacial score (nSPS) is 25.2. The minimum Gasteiger partial charge on any atom is -0.399 e. The molecule has 0 saturated carbocycles. The zero-order chi connectivity index (χ0) is 13.0. The third kappa shape index (κ3) is 3.45. The molecule has 1 heterocycles. The van der Waals surface area contributed by atoms with Crippen LogP contribution in [0.15, 0.2) is 24.3 Å². The number of hydrogen-bond donors (Lipinski definition) is 2. The fourth-order valence-corrected chi connectivity index (χ4v) is 2.46. The maximum atomic E-state index is 9.18. The Bertz CT molecular complexity index is 384. The fraction of sp³-hybridized carbons (Fsp3) is 0.571. The summed E-state index contributed by atoms with van der Waals surface area (Å²) >= 11 is 0. The van der Waals surface area contributed by atoms with E-state index in [1.165, 1.54) is 5.56 Å². The summed E-state index contributed by atoms with van der Waals surface area (Å²) in [7, 11) is 0. The van der Waals surface area contributed by atoms with E-state index in [1.54, 1.807) is 0 Å². The molecule has 0 aliphatic carbocycles. The van der Waals surface area contributed by atoms with Crippen LogP contribution in [0.4, 0.5) is 5.69 Å². The highest BCUT2D eigenvalue weighted by molar-refractivity contribution is 5.46. The van der Waals surface area contributed by atoms with Gasteiger partial charge in [0, 0.05) is 25.3 Å². The number of nitrogens with two attached hydrogens (primary N) is 1. The first-order valence-electron chi connectivity index (χ1n) is 6.51. The molecule has 0 amide bonds. The lowest BCUT2D eigenvalue weighted by Gasteiger charge is -2.36. The van der Waals surface area contributed by atoms with Gasteiger partial charge in [-0.25, -0.2) is 0 Å². The molecule has 100 valence electrons. The monoisotopic (exact) mass is 250 g/mol. The molecule has 0 spiro atoms. The van der Waals surface area contributed by atoms with E-state index in [0.29, 0.717) is 0 Å². The number of anilines is 1. The van der Waals surface area contributed by atoms with Crippen molar-refractivity contribution in [3.63, 3.8) is 0 Å². The van der Waals surface area contributed by atoms with E-state index in [0.717, 1.165) is 31.7 Å². The Hall–Kier alpha value is -1.10. The van der Waals surface area contributed by atoms with E-state index in [-0.39, 0.29) is 18.8 Å². The largest absolute Gasteiger partial charge is 0.399 e. The van der Waals surface area contributed by atoms with E-state index >= 15 is 0 Å². The second-order valence-corrected chi connectivity index (χ2v) is 4.96. The smallest absolute Gasteiger partial charge is 0.0936 e. The number of para-hydroxylation sites is 1. The summed E-state index contributed by atoms with van der Waals surface area (Å²) in [5.74, 6) is 0. The predicted molar refractivity (Wildman–Crippen MR) is 72.4 cm³/mol. The first kappa shape index (κ1) is 13.3. The lowest BCUT2D eigenvalue weighted by molar-refractivity contribution is -0.0947. The number of nitrogen functional groups attached to an aromatic ring is 1. The van der Waals surface area contributed by atoms with Gasteiger partial charge in [-0.3, -0.25) is 4.90 Å². The maximum Gasteiger partial charge on any atom is 0.0936 e. The van der Waals surface area contributed by atoms with Gasteiger partial charge in [0.2, 0.25) is 0 Å². The Balaban J connectivity index is 1.88. The third-order valence-electron chi connectivity index (χ3n) is 3.36. The molecule has 18 heavy (non-hydrogen) atoms. The molecule has 4 nitrogen and oxygen atoms in total. The van der Waals surface area contributed by atoms with Crippen LogP contribution in [0.1, 0.15) is 12.5 Å². The summed E-state index contributed by atoms with van der Waals surface area (Å²) in [4.78, 5) is 2.33. The van der Waals surface area contributed by atoms with Gasteiger partial charge in [-0.05, 0) is 25.0 Å². The minimum absolute atomic E-state index is 0.0538. The van der Waals surface area contributed by atoms with Gasteiger partial charge in [-0.2, -0.15) is 0 Å². The Morgan fingerprint density at radius 2 is 2.17 bits per heavy atom. The molecule has 0 radical (unpaired) electrons. The van der Waals surface area contributed by atoms with Crippen molar-refractivity contribution in [3.8, 4) is 0 Å². The first-order chi connectivity index (χ1) is 8.69. The van der Waals surface area contributed by atoms with Crippen LogP contribution in [0.25, 0.3) is 0 Å². The SMILES string of the molecule is CC1CN(CCc2ccccc2N)CC(CO)O1. The first-order valence-corrected chi connectivity index (χ1v) is 6.51. The number of benzene rings is 1. The van der Waals surface area contributed by atoms with E-state index in [4.69, 9.17) is 10.5 Å². The lowest BCUT2D eigenvalue weighted by atomic mass is 10.1. The van der Waals surface area contributed by atoms with Crippen molar-refractivity contribution >= 4 is 5.69 Å². The highest BCUT2D eigenvalue weighted by Gasteiger charge is 2.24. The van der Waals surface area contributed by atoms with E-state index in [1.807, 2.05) is 25.1 Å². The molecule has 1 saturated heterocycles. The van der Waals surface area contributed by atoms with Gasteiger partial charge in [0.25, 0.3) is 0 Å². The van der Waals surface area contributed by atoms with Crippen molar-refractivity contribution in [2.24, 2.45) is 0 Å². The summed E-state index contributed by atoms with van der Waals surface area (Å²) in [6.45, 7) is 4.81. The summed E-state index contributed by atoms with van der Waals surface area (Å²) in [6, 6.07) is 7.98. The Kier molecular flexibility index (Phi) is 4.58. The Labute approximate surface area is 108 Å². The molecule has 3 N–H and O–H groups in total. The molecule has 0 aromatic heterocycles. The number of ether oxygens (including phenoxy) is 1. The average molecular weight is 250 g/mol. The number of rotatable bonds is 4. The molecule has 1 fully saturated rings. The quantitative estimate of drug-likeness (QED) is 0.779. The van der Waals surface area contributed by atoms with Crippen LogP contribution in [-0.2, 0) is 11.2 Å². The standard InChI is InChI=1S/C14H22N2O2/c1-11-8-16(9-13(10-17)18-11)7-6-12-4-2-3-5-14(12)15/h2-5,11,13,17H,6-10,15H2,1H3. The number of nitrogens with zero attached hydrogens (tertiary/aromatic N) is 1. The summed E-state index contributed by atoms with van der Waals surface area (Å²) in [6.07, 6.45) is 1.07. The summed E-state index contributed by atoms with van der Waals surface area (Å²) in [5.41, 5.74) is 7.98. The van der Waals surface area contributed by atoms with Gasteiger partial charge >= 0.3 is 0 Å². The number of hydrogen-bond acceptors (Lipinski definition) is 4. The average Bonchev–Trinajstić information content (AvgIpc) is 2.37. The summed E-state index contributed by atoms with van der Waals surface area (Å²) < 4.78 is 5.63. The molecule has 4 heteroatoms. The number of aliphatic hydroxyl groups excluding tert-OH is 1. The Morgan fingerprint density at radius 3 is 2.89 bits per heavy atom. The van der Waals surface area contributed by atoms with Crippen LogP contribution in [0.2, 0.25) is 0 Å². The van der Waals surface area contributed by atoms with E-state index in [9.17, 15) is 5.11 Å². The van der Waals surface area contributed by atoms with E-state index < -0.39 is 0 Å². The molecule has 1 aliphatic rings. The van der Waals surface area contributed by atoms with Crippen molar-refractivity contribution in [1.82, 2.24) is 4.90 Å². The molecular formula is C14H22N2O2. The second kappa shape index (κ2) is 6.18. The van der Waals surface area contributed by atoms with Gasteiger partial charge in [0.1, 0.15) is 0 Å². The van der Waals surface area contributed by atoms with Crippen molar-refractivity contribution in [2.45, 2.75) is 25.6 Å². The number of aliphatic hydroxyl groups is 1. The van der Waals surface area contributed by atoms with Crippen LogP contribution >= 0.6 is 0 Å². The summed E-state index contributed by atoms with van der Waals surface area (Å²) in [5, 5.41) is 9.18. The van der Waals surface area contributed by atoms with Crippen LogP contribution in [0.3, 0.4) is 0 Å². The maximum absolute atomic E-state index is 9.18. The van der Waals surface area contributed by atoms with E-state index in [2.05, 4.69) is 11.0 Å². The van der Waals surface area contributed by atoms with Crippen LogP contribution in [-0.4, -0.2) is 48.5 Å². The lowest BCUT2D eigenvalue weighted by Crippen LogP contribution is -2.48. The van der Waals surface area contributed by atoms with Crippen molar-refractivity contribution in [2.75, 3.05) is 32.0 Å². The highest BCUT2D eigenvalue weighted by atomic mass is 16.5. The Morgan fingerprint density at radius 1 is 1.39 bits per heavy atom. The van der Waals surface area contributed by atoms with Crippen LogP contribution in [0.5, 0.6) is 0 Å². The van der Waals surface area contributed by atoms with Gasteiger partial charge in [-0.1, -0.05) is 18.2 Å². The van der Waals surface area contributed by atoms with Crippen molar-refractivity contribution in [1.29, 1.82) is 0 Å². The molecular weight excluding hydrogens is 228 g/mol. The van der Waals surface area contributed by atoms with Gasteiger partial charge in [-0.15, -0.1) is 0 Å². The molecule has 1 aromatic rings. The zero-order valence-electron chi connectivity index (χ0n) is 10.9. The van der Waals surface area contributed by atoms with Crippen LogP contribution in [0, 0.1) is 0 Å². The minimum atomic E-state index is -0.0538. The van der Waals surface area contributed by atoms with Gasteiger partial charge < -0.3 is 15.6 Å².